The summed E-state index contributed by atoms with van der Waals surface area (Å²) in [6.07, 6.45) is 2.63. The summed E-state index contributed by atoms with van der Waals surface area (Å²) >= 11 is 0. The number of hydrogen-bond donors (Lipinski definition) is 3. The number of hydrogen-bond acceptors (Lipinski definition) is 5. The molecule has 0 saturated heterocycles. The highest BCUT2D eigenvalue weighted by Gasteiger charge is 2.12. The predicted molar refractivity (Wildman–Crippen MR) is 153 cm³/mol. The van der Waals surface area contributed by atoms with Crippen molar-refractivity contribution in [3.05, 3.63) is 64.7 Å². The highest BCUT2D eigenvalue weighted by atomic mass is 19.1. The number of anilines is 1. The molecule has 2 unspecified atom stereocenters. The summed E-state index contributed by atoms with van der Waals surface area (Å²) in [7, 11) is 1.61. The van der Waals surface area contributed by atoms with Gasteiger partial charge >= 0.3 is 0 Å². The zero-order valence-electron chi connectivity index (χ0n) is 24.4. The van der Waals surface area contributed by atoms with E-state index in [0.29, 0.717) is 24.6 Å². The predicted octanol–water partition coefficient (Wildman–Crippen LogP) is 6.29. The standard InChI is InChI=1S/C11H14O.C8H17FO2.C7H7F2N.C4H9NO/c1-3-4-10-5-9(2)6-11(7-10)8-12;1-6(2)4-11-5-8(10)7(3)9;1-10-7-3-5(8)2-6(9)4-7;1-2-3-5-4-6/h5-8H,3-4H2,1-2H3;6-8,10H,4-5H2,1-3H3;2-4,10H,1H3;4H,2-3H2,1H3,(H,5,6). The number of ether oxygens (including phenoxy) is 1. The molecule has 0 heterocycles. The number of aldehydes is 1. The van der Waals surface area contributed by atoms with Gasteiger partial charge in [0.25, 0.3) is 0 Å². The molecule has 3 N–H and O–H groups in total. The van der Waals surface area contributed by atoms with Crippen LogP contribution in [0.5, 0.6) is 0 Å². The van der Waals surface area contributed by atoms with Gasteiger partial charge in [0.1, 0.15) is 30.2 Å². The molecular formula is C30H47F3N2O4. The second-order valence-electron chi connectivity index (χ2n) is 9.28. The lowest BCUT2D eigenvalue weighted by Gasteiger charge is -2.12. The summed E-state index contributed by atoms with van der Waals surface area (Å²) in [5.74, 6) is -0.703. The fourth-order valence-electron chi connectivity index (χ4n) is 2.85. The molecule has 0 aliphatic rings. The van der Waals surface area contributed by atoms with E-state index in [1.165, 1.54) is 30.2 Å². The number of aliphatic hydroxyl groups excluding tert-OH is 1. The molecule has 0 bridgehead atoms. The van der Waals surface area contributed by atoms with Gasteiger partial charge in [-0.15, -0.1) is 0 Å². The van der Waals surface area contributed by atoms with Gasteiger partial charge in [0, 0.05) is 37.5 Å². The van der Waals surface area contributed by atoms with Crippen molar-refractivity contribution in [2.45, 2.75) is 73.1 Å². The molecule has 2 atom stereocenters. The van der Waals surface area contributed by atoms with Gasteiger partial charge in [0.15, 0.2) is 0 Å². The zero-order valence-corrected chi connectivity index (χ0v) is 24.4. The molecule has 0 saturated carbocycles. The Morgan fingerprint density at radius 2 is 1.56 bits per heavy atom. The average Bonchev–Trinajstić information content (AvgIpc) is 2.87. The average molecular weight is 557 g/mol. The molecule has 9 heteroatoms. The molecule has 2 aromatic carbocycles. The summed E-state index contributed by atoms with van der Waals surface area (Å²) < 4.78 is 42.0. The fourth-order valence-corrected chi connectivity index (χ4v) is 2.85. The Bertz CT molecular complexity index is 892. The lowest BCUT2D eigenvalue weighted by molar-refractivity contribution is -0.109. The summed E-state index contributed by atoms with van der Waals surface area (Å²) in [6.45, 7) is 13.0. The van der Waals surface area contributed by atoms with Crippen LogP contribution in [0.4, 0.5) is 18.9 Å². The maximum absolute atomic E-state index is 12.3. The minimum atomic E-state index is -1.21. The lowest BCUT2D eigenvalue weighted by Crippen LogP contribution is -2.25. The van der Waals surface area contributed by atoms with Crippen molar-refractivity contribution in [1.82, 2.24) is 5.32 Å². The van der Waals surface area contributed by atoms with Crippen molar-refractivity contribution < 1.29 is 32.6 Å². The van der Waals surface area contributed by atoms with Crippen LogP contribution in [0.3, 0.4) is 0 Å². The van der Waals surface area contributed by atoms with E-state index in [9.17, 15) is 22.8 Å². The number of benzene rings is 2. The van der Waals surface area contributed by atoms with Crippen LogP contribution < -0.4 is 10.6 Å². The summed E-state index contributed by atoms with van der Waals surface area (Å²) in [5.41, 5.74) is 3.67. The Labute approximate surface area is 232 Å². The monoisotopic (exact) mass is 556 g/mol. The first-order valence-electron chi connectivity index (χ1n) is 13.2. The van der Waals surface area contributed by atoms with Gasteiger partial charge in [-0.05, 0) is 62.4 Å². The Hall–Kier alpha value is -2.91. The molecule has 1 amide bonds. The van der Waals surface area contributed by atoms with E-state index in [4.69, 9.17) is 9.84 Å². The molecule has 0 aliphatic carbocycles. The van der Waals surface area contributed by atoms with Crippen LogP contribution in [-0.4, -0.2) is 56.9 Å². The maximum atomic E-state index is 12.3. The van der Waals surface area contributed by atoms with E-state index in [1.807, 2.05) is 39.8 Å². The number of amides is 1. The van der Waals surface area contributed by atoms with E-state index in [2.05, 4.69) is 23.6 Å². The van der Waals surface area contributed by atoms with Gasteiger partial charge in [0.2, 0.25) is 6.41 Å². The van der Waals surface area contributed by atoms with Gasteiger partial charge in [-0.3, -0.25) is 9.59 Å². The van der Waals surface area contributed by atoms with E-state index < -0.39 is 23.9 Å². The second-order valence-corrected chi connectivity index (χ2v) is 9.28. The normalized spacial score (nSPS) is 11.4. The fraction of sp³-hybridized carbons (Fsp3) is 0.533. The minimum Gasteiger partial charge on any atom is -0.388 e. The lowest BCUT2D eigenvalue weighted by atomic mass is 10.0. The summed E-state index contributed by atoms with van der Waals surface area (Å²) in [5, 5.41) is 14.1. The minimum absolute atomic E-state index is 0.0931. The molecule has 2 rings (SSSR count). The second kappa shape index (κ2) is 24.2. The van der Waals surface area contributed by atoms with Crippen LogP contribution in [0.25, 0.3) is 0 Å². The van der Waals surface area contributed by atoms with Crippen LogP contribution in [0.15, 0.2) is 36.4 Å². The topological polar surface area (TPSA) is 87.7 Å². The van der Waals surface area contributed by atoms with Gasteiger partial charge in [0.05, 0.1) is 6.61 Å². The van der Waals surface area contributed by atoms with Gasteiger partial charge in [-0.2, -0.15) is 0 Å². The van der Waals surface area contributed by atoms with Crippen molar-refractivity contribution in [2.75, 3.05) is 32.1 Å². The van der Waals surface area contributed by atoms with Crippen LogP contribution >= 0.6 is 0 Å². The number of alkyl halides is 1. The van der Waals surface area contributed by atoms with E-state index in [1.54, 1.807) is 7.05 Å². The highest BCUT2D eigenvalue weighted by Crippen LogP contribution is 2.11. The quantitative estimate of drug-likeness (QED) is 0.211. The third-order valence-electron chi connectivity index (χ3n) is 4.73. The van der Waals surface area contributed by atoms with E-state index in [0.717, 1.165) is 43.7 Å². The zero-order chi connectivity index (χ0) is 30.2. The smallest absolute Gasteiger partial charge is 0.207 e. The Morgan fingerprint density at radius 3 is 1.97 bits per heavy atom. The Morgan fingerprint density at radius 1 is 0.949 bits per heavy atom. The number of rotatable bonds is 12. The van der Waals surface area contributed by atoms with Crippen molar-refractivity contribution in [1.29, 1.82) is 0 Å². The number of aliphatic hydroxyl groups is 1. The van der Waals surface area contributed by atoms with E-state index in [-0.39, 0.29) is 6.61 Å². The third kappa shape index (κ3) is 22.8. The molecule has 0 radical (unpaired) electrons. The number of nitrogens with one attached hydrogen (secondary N) is 2. The third-order valence-corrected chi connectivity index (χ3v) is 4.73. The number of carbonyl (C=O) groups is 2. The molecule has 0 aliphatic heterocycles. The van der Waals surface area contributed by atoms with Crippen molar-refractivity contribution in [3.8, 4) is 0 Å². The van der Waals surface area contributed by atoms with Gasteiger partial charge in [-0.1, -0.05) is 45.7 Å². The first kappa shape index (κ1) is 38.2. The van der Waals surface area contributed by atoms with Crippen LogP contribution in [-0.2, 0) is 16.0 Å². The molecular weight excluding hydrogens is 509 g/mol. The summed E-state index contributed by atoms with van der Waals surface area (Å²) in [6, 6.07) is 9.29. The number of halogens is 3. The molecule has 6 nitrogen and oxygen atoms in total. The Kier molecular flexibility index (Phi) is 23.7. The molecule has 39 heavy (non-hydrogen) atoms. The van der Waals surface area contributed by atoms with E-state index >= 15 is 0 Å². The van der Waals surface area contributed by atoms with Crippen LogP contribution in [0.1, 0.15) is 68.9 Å². The molecule has 2 aromatic rings. The maximum Gasteiger partial charge on any atom is 0.207 e. The highest BCUT2D eigenvalue weighted by molar-refractivity contribution is 5.75. The number of aryl methyl sites for hydroxylation is 2. The Balaban J connectivity index is 0. The molecule has 222 valence electrons. The van der Waals surface area contributed by atoms with Crippen LogP contribution in [0, 0.1) is 24.5 Å². The van der Waals surface area contributed by atoms with Crippen molar-refractivity contribution in [3.63, 3.8) is 0 Å². The van der Waals surface area contributed by atoms with Gasteiger partial charge in [-0.25, -0.2) is 13.2 Å². The molecule has 0 fully saturated rings. The first-order chi connectivity index (χ1) is 18.4. The van der Waals surface area contributed by atoms with Gasteiger partial charge < -0.3 is 20.5 Å². The SMILES string of the molecule is CC(C)COCC(O)C(C)F.CCCNC=O.CCCc1cc(C)cc(C=O)c1.CNc1cc(F)cc(F)c1. The first-order valence-corrected chi connectivity index (χ1v) is 13.2. The molecule has 0 aromatic heterocycles. The number of carbonyl (C=O) groups excluding carboxylic acids is 2. The molecule has 0 spiro atoms. The van der Waals surface area contributed by atoms with Crippen molar-refractivity contribution in [2.24, 2.45) is 5.92 Å². The van der Waals surface area contributed by atoms with Crippen molar-refractivity contribution >= 4 is 18.4 Å². The van der Waals surface area contributed by atoms with Crippen LogP contribution in [0.2, 0.25) is 0 Å². The largest absolute Gasteiger partial charge is 0.388 e. The summed E-state index contributed by atoms with van der Waals surface area (Å²) in [4.78, 5) is 20.0.